The second kappa shape index (κ2) is 7.97. The molecule has 0 atom stereocenters. The van der Waals surface area contributed by atoms with Crippen LogP contribution in [-0.2, 0) is 14.3 Å². The van der Waals surface area contributed by atoms with E-state index in [1.165, 1.54) is 0 Å². The molecule has 0 heterocycles. The van der Waals surface area contributed by atoms with Crippen LogP contribution in [-0.4, -0.2) is 18.5 Å². The van der Waals surface area contributed by atoms with Gasteiger partial charge in [-0.05, 0) is 50.3 Å². The van der Waals surface area contributed by atoms with Crippen molar-refractivity contribution in [3.05, 3.63) is 29.3 Å². The summed E-state index contributed by atoms with van der Waals surface area (Å²) < 4.78 is 10.7. The van der Waals surface area contributed by atoms with Crippen molar-refractivity contribution in [1.29, 1.82) is 0 Å². The molecule has 1 aromatic carbocycles. The van der Waals surface area contributed by atoms with Gasteiger partial charge in [-0.3, -0.25) is 9.59 Å². The fraction of sp³-hybridized carbons (Fsp3) is 0.556. The van der Waals surface area contributed by atoms with Crippen LogP contribution in [0.15, 0.2) is 18.2 Å². The molecule has 0 saturated carbocycles. The second-order valence-corrected chi connectivity index (χ2v) is 5.51. The first-order valence-corrected chi connectivity index (χ1v) is 7.88. The molecule has 0 spiro atoms. The van der Waals surface area contributed by atoms with Gasteiger partial charge < -0.3 is 9.47 Å². The molecule has 122 valence electrons. The zero-order valence-electron chi connectivity index (χ0n) is 14.2. The summed E-state index contributed by atoms with van der Waals surface area (Å²) in [5, 5.41) is 0. The van der Waals surface area contributed by atoms with E-state index in [4.69, 9.17) is 9.47 Å². The highest BCUT2D eigenvalue weighted by Gasteiger charge is 2.46. The van der Waals surface area contributed by atoms with Gasteiger partial charge >= 0.3 is 11.9 Å². The number of ether oxygens (including phenoxy) is 2. The summed E-state index contributed by atoms with van der Waals surface area (Å²) >= 11 is 0. The average Bonchev–Trinajstić information content (AvgIpc) is 2.51. The molecule has 0 aliphatic heterocycles. The number of benzene rings is 1. The Morgan fingerprint density at radius 3 is 2.23 bits per heavy atom. The van der Waals surface area contributed by atoms with Crippen LogP contribution in [0.3, 0.4) is 0 Å². The van der Waals surface area contributed by atoms with E-state index in [1.807, 2.05) is 32.9 Å². The summed E-state index contributed by atoms with van der Waals surface area (Å²) in [6.45, 7) is 9.70. The fourth-order valence-corrected chi connectivity index (χ4v) is 2.28. The number of esters is 2. The van der Waals surface area contributed by atoms with Gasteiger partial charge in [0.05, 0.1) is 6.61 Å². The minimum Gasteiger partial charge on any atom is -0.465 e. The molecule has 0 amide bonds. The molecule has 0 bridgehead atoms. The summed E-state index contributed by atoms with van der Waals surface area (Å²) in [5.74, 6) is -0.526. The maximum absolute atomic E-state index is 12.6. The highest BCUT2D eigenvalue weighted by atomic mass is 16.6. The molecule has 4 nitrogen and oxygen atoms in total. The maximum atomic E-state index is 12.6. The van der Waals surface area contributed by atoms with Crippen LogP contribution in [0.2, 0.25) is 0 Å². The predicted molar refractivity (Wildman–Crippen MR) is 85.8 cm³/mol. The number of carbonyl (C=O) groups is 2. The first-order valence-electron chi connectivity index (χ1n) is 7.88. The van der Waals surface area contributed by atoms with E-state index in [9.17, 15) is 9.59 Å². The minimum absolute atomic E-state index is 0.317. The number of rotatable bonds is 7. The molecule has 1 aromatic rings. The van der Waals surface area contributed by atoms with Crippen molar-refractivity contribution in [1.82, 2.24) is 0 Å². The summed E-state index contributed by atoms with van der Waals surface area (Å²) in [4.78, 5) is 25.0. The SMILES string of the molecule is CCCOC(=O)C(CC)(CC)C(=O)Oc1cccc(C)c1C. The molecule has 0 unspecified atom stereocenters. The van der Waals surface area contributed by atoms with Crippen molar-refractivity contribution in [2.45, 2.75) is 53.9 Å². The number of hydrogen-bond acceptors (Lipinski definition) is 4. The smallest absolute Gasteiger partial charge is 0.328 e. The van der Waals surface area contributed by atoms with E-state index in [-0.39, 0.29) is 0 Å². The zero-order chi connectivity index (χ0) is 16.8. The molecule has 0 saturated heterocycles. The summed E-state index contributed by atoms with van der Waals surface area (Å²) in [6.07, 6.45) is 1.44. The minimum atomic E-state index is -1.23. The molecule has 4 heteroatoms. The molecular formula is C18H26O4. The van der Waals surface area contributed by atoms with E-state index in [0.29, 0.717) is 25.2 Å². The average molecular weight is 306 g/mol. The van der Waals surface area contributed by atoms with Gasteiger partial charge in [0.15, 0.2) is 5.41 Å². The Hall–Kier alpha value is -1.84. The van der Waals surface area contributed by atoms with Crippen molar-refractivity contribution >= 4 is 11.9 Å². The molecule has 22 heavy (non-hydrogen) atoms. The monoisotopic (exact) mass is 306 g/mol. The van der Waals surface area contributed by atoms with Crippen molar-refractivity contribution in [3.8, 4) is 5.75 Å². The van der Waals surface area contributed by atoms with Gasteiger partial charge in [-0.15, -0.1) is 0 Å². The normalized spacial score (nSPS) is 11.1. The molecule has 0 fully saturated rings. The first kappa shape index (κ1) is 18.2. The third-order valence-electron chi connectivity index (χ3n) is 4.18. The summed E-state index contributed by atoms with van der Waals surface area (Å²) in [7, 11) is 0. The largest absolute Gasteiger partial charge is 0.465 e. The third-order valence-corrected chi connectivity index (χ3v) is 4.18. The van der Waals surface area contributed by atoms with E-state index >= 15 is 0 Å². The molecule has 0 N–H and O–H groups in total. The van der Waals surface area contributed by atoms with Crippen molar-refractivity contribution in [2.75, 3.05) is 6.61 Å². The Balaban J connectivity index is 3.03. The van der Waals surface area contributed by atoms with Gasteiger partial charge in [0, 0.05) is 0 Å². The lowest BCUT2D eigenvalue weighted by Gasteiger charge is -2.27. The maximum Gasteiger partial charge on any atom is 0.328 e. The molecular weight excluding hydrogens is 280 g/mol. The molecule has 0 aromatic heterocycles. The standard InChI is InChI=1S/C18H26O4/c1-6-12-21-16(19)18(7-2,8-3)17(20)22-15-11-9-10-13(4)14(15)5/h9-11H,6-8,12H2,1-5H3. The van der Waals surface area contributed by atoms with Crippen LogP contribution >= 0.6 is 0 Å². The van der Waals surface area contributed by atoms with Gasteiger partial charge in [-0.2, -0.15) is 0 Å². The van der Waals surface area contributed by atoms with Gasteiger partial charge in [0.2, 0.25) is 0 Å². The van der Waals surface area contributed by atoms with E-state index in [0.717, 1.165) is 17.5 Å². The van der Waals surface area contributed by atoms with Crippen LogP contribution in [0.25, 0.3) is 0 Å². The van der Waals surface area contributed by atoms with Crippen molar-refractivity contribution in [3.63, 3.8) is 0 Å². The Bertz CT molecular complexity index is 530. The fourth-order valence-electron chi connectivity index (χ4n) is 2.28. The van der Waals surface area contributed by atoms with Crippen LogP contribution < -0.4 is 4.74 Å². The van der Waals surface area contributed by atoms with Crippen LogP contribution in [0, 0.1) is 19.3 Å². The quantitative estimate of drug-likeness (QED) is 0.434. The lowest BCUT2D eigenvalue weighted by Crippen LogP contribution is -2.42. The van der Waals surface area contributed by atoms with Crippen molar-refractivity contribution in [2.24, 2.45) is 5.41 Å². The first-order chi connectivity index (χ1) is 10.4. The van der Waals surface area contributed by atoms with Gasteiger partial charge in [0.25, 0.3) is 0 Å². The highest BCUT2D eigenvalue weighted by molar-refractivity contribution is 6.00. The molecule has 0 aliphatic rings. The van der Waals surface area contributed by atoms with Gasteiger partial charge in [-0.1, -0.05) is 32.9 Å². The number of carbonyl (C=O) groups excluding carboxylic acids is 2. The second-order valence-electron chi connectivity index (χ2n) is 5.51. The third kappa shape index (κ3) is 3.67. The molecule has 0 aliphatic carbocycles. The highest BCUT2D eigenvalue weighted by Crippen LogP contribution is 2.32. The zero-order valence-corrected chi connectivity index (χ0v) is 14.2. The molecule has 1 rings (SSSR count). The summed E-state index contributed by atoms with van der Waals surface area (Å²) in [6, 6.07) is 5.53. The lowest BCUT2D eigenvalue weighted by molar-refractivity contribution is -0.168. The topological polar surface area (TPSA) is 52.6 Å². The number of hydrogen-bond donors (Lipinski definition) is 0. The van der Waals surface area contributed by atoms with E-state index in [1.54, 1.807) is 19.9 Å². The Morgan fingerprint density at radius 2 is 1.68 bits per heavy atom. The van der Waals surface area contributed by atoms with Gasteiger partial charge in [0.1, 0.15) is 5.75 Å². The van der Waals surface area contributed by atoms with E-state index < -0.39 is 17.4 Å². The lowest BCUT2D eigenvalue weighted by atomic mass is 9.82. The van der Waals surface area contributed by atoms with Crippen molar-refractivity contribution < 1.29 is 19.1 Å². The Kier molecular flexibility index (Phi) is 6.60. The molecule has 0 radical (unpaired) electrons. The summed E-state index contributed by atoms with van der Waals surface area (Å²) in [5.41, 5.74) is 0.710. The van der Waals surface area contributed by atoms with Crippen LogP contribution in [0.1, 0.15) is 51.2 Å². The van der Waals surface area contributed by atoms with Crippen LogP contribution in [0.5, 0.6) is 5.75 Å². The van der Waals surface area contributed by atoms with E-state index in [2.05, 4.69) is 0 Å². The number of aryl methyl sites for hydroxylation is 1. The Labute approximate surface area is 132 Å². The predicted octanol–water partition coefficient (Wildman–Crippen LogP) is 3.97. The van der Waals surface area contributed by atoms with Crippen LogP contribution in [0.4, 0.5) is 0 Å². The van der Waals surface area contributed by atoms with Gasteiger partial charge in [-0.25, -0.2) is 0 Å². The Morgan fingerprint density at radius 1 is 1.05 bits per heavy atom.